The Bertz CT molecular complexity index is 1140. The second-order valence-corrected chi connectivity index (χ2v) is 7.50. The van der Waals surface area contributed by atoms with Crippen LogP contribution in [-0.2, 0) is 4.79 Å². The smallest absolute Gasteiger partial charge is 0.260 e. The molecule has 2 amide bonds. The number of para-hydroxylation sites is 2. The Kier molecular flexibility index (Phi) is 7.49. The summed E-state index contributed by atoms with van der Waals surface area (Å²) in [6.07, 6.45) is 0. The lowest BCUT2D eigenvalue weighted by atomic mass is 10.1. The zero-order chi connectivity index (χ0) is 23.1. The van der Waals surface area contributed by atoms with Gasteiger partial charge in [0.2, 0.25) is 0 Å². The molecule has 0 heterocycles. The topological polar surface area (TPSA) is 67.9 Å². The molecule has 166 valence electrons. The molecule has 0 aliphatic heterocycles. The van der Waals surface area contributed by atoms with E-state index in [1.54, 1.807) is 36.3 Å². The molecule has 3 aromatic carbocycles. The number of rotatable bonds is 9. The third-order valence-corrected chi connectivity index (χ3v) is 4.99. The van der Waals surface area contributed by atoms with Gasteiger partial charge < -0.3 is 19.7 Å². The molecule has 6 heteroatoms. The first kappa shape index (κ1) is 22.9. The third kappa shape index (κ3) is 5.46. The van der Waals surface area contributed by atoms with Crippen molar-refractivity contribution in [2.75, 3.05) is 32.1 Å². The van der Waals surface area contributed by atoms with Crippen LogP contribution in [0.3, 0.4) is 0 Å². The van der Waals surface area contributed by atoms with Crippen LogP contribution < -0.4 is 14.8 Å². The first-order valence-corrected chi connectivity index (χ1v) is 10.4. The van der Waals surface area contributed by atoms with Gasteiger partial charge in [-0.15, -0.1) is 0 Å². The summed E-state index contributed by atoms with van der Waals surface area (Å²) in [6, 6.07) is 18.4. The molecule has 0 saturated carbocycles. The lowest BCUT2D eigenvalue weighted by Crippen LogP contribution is -2.36. The van der Waals surface area contributed by atoms with E-state index in [0.717, 1.165) is 16.3 Å². The van der Waals surface area contributed by atoms with Crippen LogP contribution in [0, 0.1) is 0 Å². The minimum absolute atomic E-state index is 0.167. The van der Waals surface area contributed by atoms with Crippen LogP contribution in [-0.4, -0.2) is 43.5 Å². The molecule has 0 saturated heterocycles. The van der Waals surface area contributed by atoms with Crippen molar-refractivity contribution >= 4 is 28.3 Å². The minimum atomic E-state index is -0.350. The van der Waals surface area contributed by atoms with Gasteiger partial charge in [0, 0.05) is 13.1 Å². The predicted molar refractivity (Wildman–Crippen MR) is 127 cm³/mol. The third-order valence-electron chi connectivity index (χ3n) is 4.99. The summed E-state index contributed by atoms with van der Waals surface area (Å²) in [6.45, 7) is 8.50. The van der Waals surface area contributed by atoms with Gasteiger partial charge in [0.25, 0.3) is 11.8 Å². The maximum absolute atomic E-state index is 13.2. The van der Waals surface area contributed by atoms with Gasteiger partial charge in [0.1, 0.15) is 11.5 Å². The van der Waals surface area contributed by atoms with Crippen LogP contribution >= 0.6 is 0 Å². The Morgan fingerprint density at radius 3 is 2.31 bits per heavy atom. The number of fused-ring (bicyclic) bond motifs is 1. The second-order valence-electron chi connectivity index (χ2n) is 7.50. The average molecular weight is 433 g/mol. The molecular weight excluding hydrogens is 404 g/mol. The quantitative estimate of drug-likeness (QED) is 0.488. The first-order valence-electron chi connectivity index (χ1n) is 10.4. The van der Waals surface area contributed by atoms with Gasteiger partial charge >= 0.3 is 0 Å². The zero-order valence-electron chi connectivity index (χ0n) is 18.7. The van der Waals surface area contributed by atoms with Crippen LogP contribution in [0.1, 0.15) is 24.2 Å². The molecule has 0 atom stereocenters. The highest BCUT2D eigenvalue weighted by atomic mass is 16.5. The fourth-order valence-corrected chi connectivity index (χ4v) is 3.39. The standard InChI is InChI=1S/C26H28N2O4/c1-5-28(16-18(2)3)25(29)17-32-24-15-20-11-7-6-10-19(20)14-21(24)26(30)27-22-12-8-9-13-23(22)31-4/h6-15H,2,5,16-17H2,1,3-4H3,(H,27,30). The van der Waals surface area contributed by atoms with Gasteiger partial charge in [-0.3, -0.25) is 9.59 Å². The fraction of sp³-hybridized carbons (Fsp3) is 0.231. The number of ether oxygens (including phenoxy) is 2. The monoisotopic (exact) mass is 432 g/mol. The summed E-state index contributed by atoms with van der Waals surface area (Å²) in [7, 11) is 1.55. The minimum Gasteiger partial charge on any atom is -0.495 e. The van der Waals surface area contributed by atoms with Crippen LogP contribution in [0.2, 0.25) is 0 Å². The molecular formula is C26H28N2O4. The van der Waals surface area contributed by atoms with E-state index >= 15 is 0 Å². The number of likely N-dealkylation sites (N-methyl/N-ethyl adjacent to an activating group) is 1. The summed E-state index contributed by atoms with van der Waals surface area (Å²) in [4.78, 5) is 27.5. The van der Waals surface area contributed by atoms with Crippen molar-refractivity contribution in [1.29, 1.82) is 0 Å². The molecule has 0 aliphatic rings. The lowest BCUT2D eigenvalue weighted by molar-refractivity contribution is -0.132. The maximum atomic E-state index is 13.2. The van der Waals surface area contributed by atoms with E-state index in [4.69, 9.17) is 9.47 Å². The number of hydrogen-bond acceptors (Lipinski definition) is 4. The molecule has 0 fully saturated rings. The van der Waals surface area contributed by atoms with E-state index in [-0.39, 0.29) is 18.4 Å². The summed E-state index contributed by atoms with van der Waals surface area (Å²) >= 11 is 0. The van der Waals surface area contributed by atoms with Gasteiger partial charge in [0.15, 0.2) is 6.61 Å². The van der Waals surface area contributed by atoms with Crippen molar-refractivity contribution in [3.8, 4) is 11.5 Å². The number of hydrogen-bond donors (Lipinski definition) is 1. The first-order chi connectivity index (χ1) is 15.4. The van der Waals surface area contributed by atoms with Crippen LogP contribution in [0.25, 0.3) is 10.8 Å². The van der Waals surface area contributed by atoms with Crippen molar-refractivity contribution in [1.82, 2.24) is 4.90 Å². The Morgan fingerprint density at radius 1 is 1.00 bits per heavy atom. The highest BCUT2D eigenvalue weighted by Gasteiger charge is 2.18. The largest absolute Gasteiger partial charge is 0.495 e. The van der Waals surface area contributed by atoms with Gasteiger partial charge in [0.05, 0.1) is 18.4 Å². The van der Waals surface area contributed by atoms with Crippen molar-refractivity contribution in [3.05, 3.63) is 78.4 Å². The molecule has 6 nitrogen and oxygen atoms in total. The van der Waals surface area contributed by atoms with Crippen molar-refractivity contribution in [2.45, 2.75) is 13.8 Å². The van der Waals surface area contributed by atoms with Gasteiger partial charge in [-0.25, -0.2) is 0 Å². The summed E-state index contributed by atoms with van der Waals surface area (Å²) in [5.41, 5.74) is 1.78. The van der Waals surface area contributed by atoms with E-state index in [2.05, 4.69) is 11.9 Å². The molecule has 0 aliphatic carbocycles. The normalized spacial score (nSPS) is 10.5. The predicted octanol–water partition coefficient (Wildman–Crippen LogP) is 4.90. The molecule has 3 aromatic rings. The van der Waals surface area contributed by atoms with E-state index < -0.39 is 0 Å². The summed E-state index contributed by atoms with van der Waals surface area (Å²) < 4.78 is 11.2. The fourth-order valence-electron chi connectivity index (χ4n) is 3.39. The Labute approximate surface area is 188 Å². The number of carbonyl (C=O) groups excluding carboxylic acids is 2. The molecule has 1 N–H and O–H groups in total. The molecule has 0 aromatic heterocycles. The summed E-state index contributed by atoms with van der Waals surface area (Å²) in [5, 5.41) is 4.69. The van der Waals surface area contributed by atoms with Gasteiger partial charge in [-0.05, 0) is 48.9 Å². The number of amides is 2. The van der Waals surface area contributed by atoms with Crippen molar-refractivity contribution in [3.63, 3.8) is 0 Å². The summed E-state index contributed by atoms with van der Waals surface area (Å²) in [5.74, 6) is 0.380. The van der Waals surface area contributed by atoms with E-state index in [0.29, 0.717) is 35.8 Å². The number of carbonyl (C=O) groups is 2. The van der Waals surface area contributed by atoms with E-state index in [1.165, 1.54) is 0 Å². The van der Waals surface area contributed by atoms with E-state index in [9.17, 15) is 9.59 Å². The molecule has 0 bridgehead atoms. The van der Waals surface area contributed by atoms with Crippen LogP contribution in [0.4, 0.5) is 5.69 Å². The number of methoxy groups -OCH3 is 1. The number of anilines is 1. The average Bonchev–Trinajstić information content (AvgIpc) is 2.80. The van der Waals surface area contributed by atoms with Gasteiger partial charge in [-0.2, -0.15) is 0 Å². The zero-order valence-corrected chi connectivity index (χ0v) is 18.7. The van der Waals surface area contributed by atoms with Crippen molar-refractivity contribution in [2.24, 2.45) is 0 Å². The Morgan fingerprint density at radius 2 is 1.66 bits per heavy atom. The number of nitrogens with zero attached hydrogens (tertiary/aromatic N) is 1. The van der Waals surface area contributed by atoms with Crippen molar-refractivity contribution < 1.29 is 19.1 Å². The molecule has 32 heavy (non-hydrogen) atoms. The number of benzene rings is 3. The molecule has 0 unspecified atom stereocenters. The molecule has 0 radical (unpaired) electrons. The second kappa shape index (κ2) is 10.5. The Hall–Kier alpha value is -3.80. The Balaban J connectivity index is 1.89. The lowest BCUT2D eigenvalue weighted by Gasteiger charge is -2.21. The van der Waals surface area contributed by atoms with E-state index in [1.807, 2.05) is 50.2 Å². The highest BCUT2D eigenvalue weighted by Crippen LogP contribution is 2.29. The molecule has 0 spiro atoms. The number of nitrogens with one attached hydrogen (secondary N) is 1. The molecule has 3 rings (SSSR count). The highest BCUT2D eigenvalue weighted by molar-refractivity contribution is 6.09. The van der Waals surface area contributed by atoms with Crippen LogP contribution in [0.5, 0.6) is 11.5 Å². The van der Waals surface area contributed by atoms with Crippen LogP contribution in [0.15, 0.2) is 72.8 Å². The van der Waals surface area contributed by atoms with Gasteiger partial charge in [-0.1, -0.05) is 48.6 Å². The SMILES string of the molecule is C=C(C)CN(CC)C(=O)COc1cc2ccccc2cc1C(=O)Nc1ccccc1OC. The maximum Gasteiger partial charge on any atom is 0.260 e.